The summed E-state index contributed by atoms with van der Waals surface area (Å²) in [6.07, 6.45) is 2.49. The lowest BCUT2D eigenvalue weighted by Crippen LogP contribution is -2.26. The number of nitrogens with one attached hydrogen (secondary N) is 1. The molecule has 0 radical (unpaired) electrons. The van der Waals surface area contributed by atoms with E-state index in [4.69, 9.17) is 4.74 Å². The molecule has 0 bridgehead atoms. The van der Waals surface area contributed by atoms with E-state index in [9.17, 15) is 0 Å². The molecule has 3 heteroatoms. The summed E-state index contributed by atoms with van der Waals surface area (Å²) in [7, 11) is 1.76. The monoisotopic (exact) mass is 197 g/mol. The maximum absolute atomic E-state index is 5.33. The van der Waals surface area contributed by atoms with Gasteiger partial charge in [0.05, 0.1) is 7.11 Å². The second-order valence-corrected chi connectivity index (χ2v) is 4.33. The topological polar surface area (TPSA) is 21.3 Å². The number of methoxy groups -OCH3 is 1. The average molecular weight is 197 g/mol. The van der Waals surface area contributed by atoms with E-state index >= 15 is 0 Å². The van der Waals surface area contributed by atoms with Gasteiger partial charge in [-0.2, -0.15) is 0 Å². The fourth-order valence-electron chi connectivity index (χ4n) is 1.86. The molecule has 13 heavy (non-hydrogen) atoms. The maximum atomic E-state index is 5.33. The second kappa shape index (κ2) is 4.11. The van der Waals surface area contributed by atoms with Crippen LogP contribution in [0.5, 0.6) is 5.75 Å². The normalized spacial score (nSPS) is 18.8. The molecule has 1 aliphatic rings. The Morgan fingerprint density at radius 3 is 2.92 bits per heavy atom. The number of hydrogen-bond acceptors (Lipinski definition) is 3. The summed E-state index contributed by atoms with van der Waals surface area (Å²) in [6, 6.07) is 2.07. The zero-order valence-electron chi connectivity index (χ0n) is 7.88. The summed E-state index contributed by atoms with van der Waals surface area (Å²) >= 11 is 1.83. The van der Waals surface area contributed by atoms with Crippen LogP contribution in [0.2, 0.25) is 0 Å². The van der Waals surface area contributed by atoms with Crippen molar-refractivity contribution < 1.29 is 4.74 Å². The van der Waals surface area contributed by atoms with Crippen molar-refractivity contribution in [3.8, 4) is 5.75 Å². The standard InChI is InChI=1S/C10H15NOS/c1-12-9-4-7-13-10(9)8-2-5-11-6-3-8/h4,7-8,11H,2-3,5-6H2,1H3. The van der Waals surface area contributed by atoms with Crippen molar-refractivity contribution in [1.29, 1.82) is 0 Å². The summed E-state index contributed by atoms with van der Waals surface area (Å²) in [5.41, 5.74) is 0. The molecule has 2 nitrogen and oxygen atoms in total. The number of piperidine rings is 1. The molecule has 0 aliphatic carbocycles. The first kappa shape index (κ1) is 9.03. The van der Waals surface area contributed by atoms with Crippen molar-refractivity contribution in [2.45, 2.75) is 18.8 Å². The first-order valence-corrected chi connectivity index (χ1v) is 5.62. The highest BCUT2D eigenvalue weighted by Crippen LogP contribution is 2.36. The molecule has 0 saturated carbocycles. The SMILES string of the molecule is COc1ccsc1C1CCNCC1. The Kier molecular flexibility index (Phi) is 2.86. The van der Waals surface area contributed by atoms with Crippen LogP contribution in [0.15, 0.2) is 11.4 Å². The van der Waals surface area contributed by atoms with E-state index in [1.807, 2.05) is 11.3 Å². The van der Waals surface area contributed by atoms with Gasteiger partial charge in [0, 0.05) is 4.88 Å². The van der Waals surface area contributed by atoms with Crippen molar-refractivity contribution >= 4 is 11.3 Å². The summed E-state index contributed by atoms with van der Waals surface area (Å²) < 4.78 is 5.33. The number of thiophene rings is 1. The van der Waals surface area contributed by atoms with E-state index in [0.29, 0.717) is 0 Å². The quantitative estimate of drug-likeness (QED) is 0.785. The van der Waals surface area contributed by atoms with Crippen molar-refractivity contribution in [2.24, 2.45) is 0 Å². The molecule has 2 heterocycles. The minimum Gasteiger partial charge on any atom is -0.496 e. The second-order valence-electron chi connectivity index (χ2n) is 3.38. The van der Waals surface area contributed by atoms with Gasteiger partial charge in [-0.1, -0.05) is 0 Å². The Balaban J connectivity index is 2.13. The van der Waals surface area contributed by atoms with Gasteiger partial charge < -0.3 is 10.1 Å². The largest absolute Gasteiger partial charge is 0.496 e. The Bertz CT molecular complexity index is 266. The third kappa shape index (κ3) is 1.86. The minimum atomic E-state index is 0.719. The zero-order chi connectivity index (χ0) is 9.10. The highest BCUT2D eigenvalue weighted by molar-refractivity contribution is 7.10. The molecule has 0 atom stereocenters. The van der Waals surface area contributed by atoms with Gasteiger partial charge in [0.25, 0.3) is 0 Å². The van der Waals surface area contributed by atoms with Gasteiger partial charge in [-0.25, -0.2) is 0 Å². The lowest BCUT2D eigenvalue weighted by Gasteiger charge is -2.22. The molecule has 0 aromatic carbocycles. The molecule has 1 aliphatic heterocycles. The van der Waals surface area contributed by atoms with Gasteiger partial charge in [0.2, 0.25) is 0 Å². The van der Waals surface area contributed by atoms with Gasteiger partial charge in [-0.05, 0) is 43.3 Å². The van der Waals surface area contributed by atoms with Gasteiger partial charge in [0.15, 0.2) is 0 Å². The predicted octanol–water partition coefficient (Wildman–Crippen LogP) is 2.22. The molecule has 0 amide bonds. The van der Waals surface area contributed by atoms with Gasteiger partial charge in [-0.3, -0.25) is 0 Å². The molecule has 2 rings (SSSR count). The van der Waals surface area contributed by atoms with Crippen molar-refractivity contribution in [3.63, 3.8) is 0 Å². The van der Waals surface area contributed by atoms with Crippen LogP contribution in [0.3, 0.4) is 0 Å². The van der Waals surface area contributed by atoms with Crippen molar-refractivity contribution in [1.82, 2.24) is 5.32 Å². The van der Waals surface area contributed by atoms with E-state index in [-0.39, 0.29) is 0 Å². The Morgan fingerprint density at radius 1 is 1.46 bits per heavy atom. The Labute approximate surface area is 82.9 Å². The van der Waals surface area contributed by atoms with E-state index in [0.717, 1.165) is 24.8 Å². The lowest BCUT2D eigenvalue weighted by atomic mass is 9.96. The van der Waals surface area contributed by atoms with Crippen LogP contribution in [0, 0.1) is 0 Å². The Morgan fingerprint density at radius 2 is 2.23 bits per heavy atom. The zero-order valence-corrected chi connectivity index (χ0v) is 8.69. The molecule has 0 spiro atoms. The molecular formula is C10H15NOS. The van der Waals surface area contributed by atoms with Gasteiger partial charge in [0.1, 0.15) is 5.75 Å². The average Bonchev–Trinajstić information content (AvgIpc) is 2.67. The molecule has 1 aromatic heterocycles. The minimum absolute atomic E-state index is 0.719. The Hall–Kier alpha value is -0.540. The highest BCUT2D eigenvalue weighted by Gasteiger charge is 2.19. The third-order valence-corrected chi connectivity index (χ3v) is 3.65. The fourth-order valence-corrected chi connectivity index (χ4v) is 2.89. The van der Waals surface area contributed by atoms with E-state index in [1.165, 1.54) is 17.7 Å². The van der Waals surface area contributed by atoms with Crippen molar-refractivity contribution in [3.05, 3.63) is 16.3 Å². The smallest absolute Gasteiger partial charge is 0.133 e. The van der Waals surface area contributed by atoms with Crippen molar-refractivity contribution in [2.75, 3.05) is 20.2 Å². The summed E-state index contributed by atoms with van der Waals surface area (Å²) in [4.78, 5) is 1.43. The molecular weight excluding hydrogens is 182 g/mol. The van der Waals surface area contributed by atoms with E-state index in [2.05, 4.69) is 16.8 Å². The highest BCUT2D eigenvalue weighted by atomic mass is 32.1. The van der Waals surface area contributed by atoms with Gasteiger partial charge >= 0.3 is 0 Å². The number of hydrogen-bond donors (Lipinski definition) is 1. The van der Waals surface area contributed by atoms with Crippen LogP contribution in [0.25, 0.3) is 0 Å². The van der Waals surface area contributed by atoms with Gasteiger partial charge in [-0.15, -0.1) is 11.3 Å². The first-order valence-electron chi connectivity index (χ1n) is 4.74. The summed E-state index contributed by atoms with van der Waals surface area (Å²) in [5.74, 6) is 1.80. The van der Waals surface area contributed by atoms with Crippen LogP contribution in [0.1, 0.15) is 23.6 Å². The van der Waals surface area contributed by atoms with Crippen LogP contribution in [0.4, 0.5) is 0 Å². The fraction of sp³-hybridized carbons (Fsp3) is 0.600. The van der Waals surface area contributed by atoms with Crippen LogP contribution in [-0.2, 0) is 0 Å². The number of ether oxygens (including phenoxy) is 1. The number of rotatable bonds is 2. The van der Waals surface area contributed by atoms with Crippen LogP contribution >= 0.6 is 11.3 Å². The summed E-state index contributed by atoms with van der Waals surface area (Å²) in [6.45, 7) is 2.29. The van der Waals surface area contributed by atoms with Crippen LogP contribution < -0.4 is 10.1 Å². The molecule has 1 N–H and O–H groups in total. The molecule has 1 aromatic rings. The van der Waals surface area contributed by atoms with E-state index < -0.39 is 0 Å². The lowest BCUT2D eigenvalue weighted by molar-refractivity contribution is 0.396. The van der Waals surface area contributed by atoms with E-state index in [1.54, 1.807) is 7.11 Å². The first-order chi connectivity index (χ1) is 6.42. The van der Waals surface area contributed by atoms with Crippen LogP contribution in [-0.4, -0.2) is 20.2 Å². The third-order valence-electron chi connectivity index (χ3n) is 2.59. The maximum Gasteiger partial charge on any atom is 0.133 e. The molecule has 0 unspecified atom stereocenters. The molecule has 1 saturated heterocycles. The summed E-state index contributed by atoms with van der Waals surface area (Å²) in [5, 5.41) is 5.50. The predicted molar refractivity (Wildman–Crippen MR) is 55.7 cm³/mol. The molecule has 1 fully saturated rings. The molecule has 72 valence electrons.